The predicted molar refractivity (Wildman–Crippen MR) is 99.1 cm³/mol. The summed E-state index contributed by atoms with van der Waals surface area (Å²) in [4.78, 5) is 24.4. The van der Waals surface area contributed by atoms with Gasteiger partial charge in [-0.25, -0.2) is 4.79 Å². The molecule has 0 aliphatic rings. The summed E-state index contributed by atoms with van der Waals surface area (Å²) >= 11 is 1.28. The second-order valence-electron chi connectivity index (χ2n) is 4.95. The zero-order valence-corrected chi connectivity index (χ0v) is 14.8. The molecule has 0 unspecified atom stereocenters. The van der Waals surface area contributed by atoms with Crippen molar-refractivity contribution in [2.45, 2.75) is 0 Å². The summed E-state index contributed by atoms with van der Waals surface area (Å²) < 4.78 is 10.6. The second kappa shape index (κ2) is 9.20. The van der Waals surface area contributed by atoms with Crippen molar-refractivity contribution in [3.63, 3.8) is 0 Å². The molecule has 1 amide bonds. The zero-order chi connectivity index (χ0) is 18.9. The minimum absolute atomic E-state index is 0.0581. The van der Waals surface area contributed by atoms with Crippen molar-refractivity contribution in [3.8, 4) is 17.6 Å². The summed E-state index contributed by atoms with van der Waals surface area (Å²) in [6, 6.07) is 10.0. The number of thiophene rings is 1. The van der Waals surface area contributed by atoms with E-state index in [1.807, 2.05) is 6.07 Å². The molecule has 1 heterocycles. The van der Waals surface area contributed by atoms with Gasteiger partial charge in [0.1, 0.15) is 16.5 Å². The molecule has 0 saturated carbocycles. The Bertz CT molecular complexity index is 879. The SMILES string of the molecule is C=CCNC(=O)/C(C#N)=C\c1ccc(OC(=O)c2cccs2)c(OC)c1. The van der Waals surface area contributed by atoms with E-state index >= 15 is 0 Å². The Morgan fingerprint density at radius 3 is 2.77 bits per heavy atom. The number of hydrogen-bond acceptors (Lipinski definition) is 6. The largest absolute Gasteiger partial charge is 0.493 e. The number of nitrogens with one attached hydrogen (secondary N) is 1. The van der Waals surface area contributed by atoms with Gasteiger partial charge in [0, 0.05) is 6.54 Å². The van der Waals surface area contributed by atoms with E-state index in [2.05, 4.69) is 11.9 Å². The summed E-state index contributed by atoms with van der Waals surface area (Å²) in [5, 5.41) is 13.5. The lowest BCUT2D eigenvalue weighted by Crippen LogP contribution is -2.24. The third-order valence-corrected chi connectivity index (χ3v) is 4.05. The van der Waals surface area contributed by atoms with Crippen molar-refractivity contribution in [1.29, 1.82) is 5.26 Å². The molecule has 26 heavy (non-hydrogen) atoms. The van der Waals surface area contributed by atoms with Crippen LogP contribution in [0.2, 0.25) is 0 Å². The highest BCUT2D eigenvalue weighted by molar-refractivity contribution is 7.12. The standard InChI is InChI=1S/C19H16N2O4S/c1-3-8-21-18(22)14(12-20)10-13-6-7-15(16(11-13)24-2)25-19(23)17-5-4-9-26-17/h3-7,9-11H,1,8H2,2H3,(H,21,22)/b14-10-. The molecule has 0 bridgehead atoms. The van der Waals surface area contributed by atoms with Crippen LogP contribution in [0.3, 0.4) is 0 Å². The lowest BCUT2D eigenvalue weighted by atomic mass is 10.1. The molecule has 1 aromatic heterocycles. The summed E-state index contributed by atoms with van der Waals surface area (Å²) in [6.45, 7) is 3.76. The molecule has 0 radical (unpaired) electrons. The van der Waals surface area contributed by atoms with Gasteiger partial charge in [-0.15, -0.1) is 17.9 Å². The maximum Gasteiger partial charge on any atom is 0.353 e. The quantitative estimate of drug-likeness (QED) is 0.267. The summed E-state index contributed by atoms with van der Waals surface area (Å²) in [6.07, 6.45) is 2.94. The van der Waals surface area contributed by atoms with Gasteiger partial charge in [-0.2, -0.15) is 5.26 Å². The molecule has 0 aliphatic carbocycles. The first-order valence-corrected chi connectivity index (χ1v) is 8.41. The summed E-state index contributed by atoms with van der Waals surface area (Å²) in [5.74, 6) is -0.423. The Morgan fingerprint density at radius 1 is 1.35 bits per heavy atom. The van der Waals surface area contributed by atoms with Crippen LogP contribution in [0.15, 0.2) is 53.9 Å². The number of nitriles is 1. The predicted octanol–water partition coefficient (Wildman–Crippen LogP) is 3.19. The lowest BCUT2D eigenvalue weighted by Gasteiger charge is -2.09. The fraction of sp³-hybridized carbons (Fsp3) is 0.105. The van der Waals surface area contributed by atoms with Crippen LogP contribution in [-0.2, 0) is 4.79 Å². The minimum Gasteiger partial charge on any atom is -0.493 e. The van der Waals surface area contributed by atoms with Crippen molar-refractivity contribution in [3.05, 3.63) is 64.4 Å². The van der Waals surface area contributed by atoms with Gasteiger partial charge in [0.25, 0.3) is 5.91 Å². The molecule has 0 saturated heterocycles. The van der Waals surface area contributed by atoms with E-state index in [1.165, 1.54) is 30.6 Å². The molecular weight excluding hydrogens is 352 g/mol. The van der Waals surface area contributed by atoms with Crippen molar-refractivity contribution in [2.24, 2.45) is 0 Å². The van der Waals surface area contributed by atoms with Gasteiger partial charge in [0.15, 0.2) is 11.5 Å². The van der Waals surface area contributed by atoms with Gasteiger partial charge in [0.2, 0.25) is 0 Å². The highest BCUT2D eigenvalue weighted by Gasteiger charge is 2.14. The van der Waals surface area contributed by atoms with E-state index in [1.54, 1.807) is 35.7 Å². The third-order valence-electron chi connectivity index (χ3n) is 3.20. The molecule has 0 spiro atoms. The molecule has 2 rings (SSSR count). The van der Waals surface area contributed by atoms with Crippen LogP contribution in [0.1, 0.15) is 15.2 Å². The van der Waals surface area contributed by atoms with E-state index in [4.69, 9.17) is 14.7 Å². The lowest BCUT2D eigenvalue weighted by molar-refractivity contribution is -0.116. The van der Waals surface area contributed by atoms with Crippen LogP contribution < -0.4 is 14.8 Å². The van der Waals surface area contributed by atoms with Crippen LogP contribution in [0, 0.1) is 11.3 Å². The number of esters is 1. The first kappa shape index (κ1) is 19.0. The maximum absolute atomic E-state index is 12.1. The first-order valence-electron chi connectivity index (χ1n) is 7.53. The molecule has 132 valence electrons. The molecule has 1 aromatic carbocycles. The van der Waals surface area contributed by atoms with Crippen molar-refractivity contribution < 1.29 is 19.1 Å². The molecule has 6 nitrogen and oxygen atoms in total. The van der Waals surface area contributed by atoms with Crippen molar-refractivity contribution >= 4 is 29.3 Å². The number of nitrogens with zero attached hydrogens (tertiary/aromatic N) is 1. The van der Waals surface area contributed by atoms with E-state index in [-0.39, 0.29) is 17.9 Å². The van der Waals surface area contributed by atoms with E-state index in [0.29, 0.717) is 16.2 Å². The normalized spacial score (nSPS) is 10.5. The molecule has 7 heteroatoms. The zero-order valence-electron chi connectivity index (χ0n) is 14.0. The van der Waals surface area contributed by atoms with E-state index < -0.39 is 11.9 Å². The Morgan fingerprint density at radius 2 is 2.15 bits per heavy atom. The number of amides is 1. The van der Waals surface area contributed by atoms with Crippen LogP contribution >= 0.6 is 11.3 Å². The maximum atomic E-state index is 12.1. The number of benzene rings is 1. The van der Waals surface area contributed by atoms with Crippen molar-refractivity contribution in [2.75, 3.05) is 13.7 Å². The monoisotopic (exact) mass is 368 g/mol. The van der Waals surface area contributed by atoms with Gasteiger partial charge in [-0.1, -0.05) is 18.2 Å². The highest BCUT2D eigenvalue weighted by atomic mass is 32.1. The smallest absolute Gasteiger partial charge is 0.353 e. The highest BCUT2D eigenvalue weighted by Crippen LogP contribution is 2.30. The van der Waals surface area contributed by atoms with Crippen LogP contribution in [0.4, 0.5) is 0 Å². The average molecular weight is 368 g/mol. The number of carbonyl (C=O) groups excluding carboxylic acids is 2. The van der Waals surface area contributed by atoms with Crippen LogP contribution in [-0.4, -0.2) is 25.5 Å². The second-order valence-corrected chi connectivity index (χ2v) is 5.89. The van der Waals surface area contributed by atoms with Gasteiger partial charge in [-0.3, -0.25) is 4.79 Å². The fourth-order valence-electron chi connectivity index (χ4n) is 1.98. The Kier molecular flexibility index (Phi) is 6.71. The first-order chi connectivity index (χ1) is 12.6. The Balaban J connectivity index is 2.23. The minimum atomic E-state index is -0.500. The van der Waals surface area contributed by atoms with Gasteiger partial charge < -0.3 is 14.8 Å². The molecule has 0 aliphatic heterocycles. The molecule has 1 N–H and O–H groups in total. The summed E-state index contributed by atoms with van der Waals surface area (Å²) in [7, 11) is 1.44. The Hall–Kier alpha value is -3.37. The van der Waals surface area contributed by atoms with Crippen molar-refractivity contribution in [1.82, 2.24) is 5.32 Å². The fourth-order valence-corrected chi connectivity index (χ4v) is 2.58. The third kappa shape index (κ3) is 4.82. The molecule has 2 aromatic rings. The van der Waals surface area contributed by atoms with Crippen LogP contribution in [0.5, 0.6) is 11.5 Å². The topological polar surface area (TPSA) is 88.4 Å². The van der Waals surface area contributed by atoms with E-state index in [0.717, 1.165) is 0 Å². The average Bonchev–Trinajstić information content (AvgIpc) is 3.19. The number of hydrogen-bond donors (Lipinski definition) is 1. The number of carbonyl (C=O) groups is 2. The number of methoxy groups -OCH3 is 1. The van der Waals surface area contributed by atoms with E-state index in [9.17, 15) is 9.59 Å². The molecule has 0 atom stereocenters. The summed E-state index contributed by atoms with van der Waals surface area (Å²) in [5.41, 5.74) is 0.500. The van der Waals surface area contributed by atoms with Gasteiger partial charge in [0.05, 0.1) is 7.11 Å². The molecular formula is C19H16N2O4S. The Labute approximate surface area is 155 Å². The van der Waals surface area contributed by atoms with Gasteiger partial charge in [-0.05, 0) is 35.2 Å². The van der Waals surface area contributed by atoms with Gasteiger partial charge >= 0.3 is 5.97 Å². The number of ether oxygens (including phenoxy) is 2. The van der Waals surface area contributed by atoms with Crippen LogP contribution in [0.25, 0.3) is 6.08 Å². The number of rotatable bonds is 7. The molecule has 0 fully saturated rings.